The van der Waals surface area contributed by atoms with Crippen LogP contribution in [0.25, 0.3) is 10.9 Å². The zero-order valence-electron chi connectivity index (χ0n) is 12.5. The highest BCUT2D eigenvalue weighted by atomic mass is 35.5. The van der Waals surface area contributed by atoms with Crippen molar-refractivity contribution in [1.82, 2.24) is 14.4 Å². The topological polar surface area (TPSA) is 45.5 Å². The Hall–Kier alpha value is -1.85. The monoisotopic (exact) mass is 319 g/mol. The maximum Gasteiger partial charge on any atom is 0.242 e. The number of halogens is 1. The van der Waals surface area contributed by atoms with Gasteiger partial charge in [-0.05, 0) is 25.2 Å². The van der Waals surface area contributed by atoms with Crippen molar-refractivity contribution in [3.05, 3.63) is 45.7 Å². The summed E-state index contributed by atoms with van der Waals surface area (Å²) in [5.41, 5.74) is 0.653. The Bertz CT molecular complexity index is 764. The van der Waals surface area contributed by atoms with Gasteiger partial charge in [0, 0.05) is 48.9 Å². The fourth-order valence-corrected chi connectivity index (χ4v) is 2.90. The van der Waals surface area contributed by atoms with E-state index in [1.165, 1.54) is 6.07 Å². The summed E-state index contributed by atoms with van der Waals surface area (Å²) in [5.74, 6) is 0.0769. The summed E-state index contributed by atoms with van der Waals surface area (Å²) in [6.45, 7) is 3.53. The number of pyridine rings is 1. The minimum absolute atomic E-state index is 0.0769. The number of fused-ring (bicyclic) bond motifs is 1. The molecule has 0 radical (unpaired) electrons. The number of likely N-dealkylation sites (N-methyl/N-ethyl adjacent to an activating group) is 1. The lowest BCUT2D eigenvalue weighted by atomic mass is 10.2. The maximum absolute atomic E-state index is 12.5. The molecule has 1 amide bonds. The normalized spacial score (nSPS) is 16.2. The molecule has 5 nitrogen and oxygen atoms in total. The molecule has 0 bridgehead atoms. The lowest BCUT2D eigenvalue weighted by Crippen LogP contribution is -2.48. The Balaban J connectivity index is 1.86. The second-order valence-electron chi connectivity index (χ2n) is 5.65. The second-order valence-corrected chi connectivity index (χ2v) is 6.09. The predicted octanol–water partition coefficient (Wildman–Crippen LogP) is 1.43. The number of aromatic nitrogens is 1. The molecule has 1 aliphatic heterocycles. The number of carbonyl (C=O) groups is 1. The van der Waals surface area contributed by atoms with Gasteiger partial charge in [-0.3, -0.25) is 9.59 Å². The molecule has 116 valence electrons. The summed E-state index contributed by atoms with van der Waals surface area (Å²) in [5, 5.41) is 1.06. The van der Waals surface area contributed by atoms with Crippen molar-refractivity contribution < 1.29 is 4.79 Å². The average molecular weight is 320 g/mol. The number of hydrogen-bond donors (Lipinski definition) is 0. The summed E-state index contributed by atoms with van der Waals surface area (Å²) in [4.78, 5) is 28.5. The zero-order valence-corrected chi connectivity index (χ0v) is 13.2. The van der Waals surface area contributed by atoms with E-state index in [4.69, 9.17) is 11.6 Å². The smallest absolute Gasteiger partial charge is 0.242 e. The number of piperazine rings is 1. The van der Waals surface area contributed by atoms with Crippen LogP contribution >= 0.6 is 11.6 Å². The van der Waals surface area contributed by atoms with Gasteiger partial charge in [-0.2, -0.15) is 0 Å². The number of nitrogens with zero attached hydrogens (tertiary/aromatic N) is 3. The van der Waals surface area contributed by atoms with Crippen molar-refractivity contribution in [2.75, 3.05) is 33.2 Å². The highest BCUT2D eigenvalue weighted by molar-refractivity contribution is 6.31. The standard InChI is InChI=1S/C16H18ClN3O2/c1-18-6-8-19(9-7-18)16(22)11-20-5-4-15(21)13-10-12(17)2-3-14(13)20/h2-5,10H,6-9,11H2,1H3. The van der Waals surface area contributed by atoms with Crippen LogP contribution in [0.15, 0.2) is 35.3 Å². The van der Waals surface area contributed by atoms with E-state index in [2.05, 4.69) is 11.9 Å². The Morgan fingerprint density at radius 1 is 1.18 bits per heavy atom. The highest BCUT2D eigenvalue weighted by Crippen LogP contribution is 2.16. The number of rotatable bonds is 2. The van der Waals surface area contributed by atoms with E-state index < -0.39 is 0 Å². The van der Waals surface area contributed by atoms with Gasteiger partial charge in [0.15, 0.2) is 5.43 Å². The summed E-state index contributed by atoms with van der Waals surface area (Å²) in [6.07, 6.45) is 1.67. The average Bonchev–Trinajstić information content (AvgIpc) is 2.51. The van der Waals surface area contributed by atoms with E-state index in [1.54, 1.807) is 24.4 Å². The molecule has 0 N–H and O–H groups in total. The van der Waals surface area contributed by atoms with Crippen LogP contribution in [0, 0.1) is 0 Å². The Morgan fingerprint density at radius 2 is 1.91 bits per heavy atom. The second kappa shape index (κ2) is 6.10. The van der Waals surface area contributed by atoms with Gasteiger partial charge in [0.05, 0.1) is 5.52 Å². The van der Waals surface area contributed by atoms with Crippen molar-refractivity contribution in [1.29, 1.82) is 0 Å². The third kappa shape index (κ3) is 3.00. The van der Waals surface area contributed by atoms with Gasteiger partial charge in [0.1, 0.15) is 6.54 Å². The van der Waals surface area contributed by atoms with Crippen molar-refractivity contribution in [2.24, 2.45) is 0 Å². The molecule has 1 aromatic carbocycles. The van der Waals surface area contributed by atoms with Gasteiger partial charge in [0.2, 0.25) is 5.91 Å². The van der Waals surface area contributed by atoms with Crippen LogP contribution in [0.4, 0.5) is 0 Å². The largest absolute Gasteiger partial charge is 0.339 e. The van der Waals surface area contributed by atoms with E-state index in [0.29, 0.717) is 10.4 Å². The van der Waals surface area contributed by atoms with Crippen LogP contribution in [0.1, 0.15) is 0 Å². The van der Waals surface area contributed by atoms with Crippen LogP contribution in [0.2, 0.25) is 5.02 Å². The quantitative estimate of drug-likeness (QED) is 0.841. The van der Waals surface area contributed by atoms with Gasteiger partial charge in [-0.25, -0.2) is 0 Å². The Labute approximate surface area is 133 Å². The van der Waals surface area contributed by atoms with Crippen molar-refractivity contribution >= 4 is 28.4 Å². The molecule has 2 aromatic rings. The molecule has 1 aliphatic rings. The maximum atomic E-state index is 12.5. The molecule has 1 saturated heterocycles. The van der Waals surface area contributed by atoms with Gasteiger partial charge in [0.25, 0.3) is 0 Å². The van der Waals surface area contributed by atoms with Crippen molar-refractivity contribution in [2.45, 2.75) is 6.54 Å². The molecule has 0 unspecified atom stereocenters. The molecule has 0 saturated carbocycles. The van der Waals surface area contributed by atoms with Gasteiger partial charge in [-0.15, -0.1) is 0 Å². The third-order valence-electron chi connectivity index (χ3n) is 4.10. The minimum atomic E-state index is -0.0826. The first-order chi connectivity index (χ1) is 10.5. The van der Waals surface area contributed by atoms with Crippen LogP contribution in [-0.2, 0) is 11.3 Å². The lowest BCUT2D eigenvalue weighted by Gasteiger charge is -2.32. The first-order valence-electron chi connectivity index (χ1n) is 7.29. The van der Waals surface area contributed by atoms with Gasteiger partial charge >= 0.3 is 0 Å². The third-order valence-corrected chi connectivity index (χ3v) is 4.34. The minimum Gasteiger partial charge on any atom is -0.339 e. The predicted molar refractivity (Wildman–Crippen MR) is 87.3 cm³/mol. The van der Waals surface area contributed by atoms with Crippen LogP contribution in [0.3, 0.4) is 0 Å². The molecule has 1 aromatic heterocycles. The highest BCUT2D eigenvalue weighted by Gasteiger charge is 2.19. The summed E-state index contributed by atoms with van der Waals surface area (Å²) in [7, 11) is 2.06. The van der Waals surface area contributed by atoms with Crippen LogP contribution < -0.4 is 5.43 Å². The van der Waals surface area contributed by atoms with E-state index in [9.17, 15) is 9.59 Å². The lowest BCUT2D eigenvalue weighted by molar-refractivity contribution is -0.133. The zero-order chi connectivity index (χ0) is 15.7. The molecule has 2 heterocycles. The molecule has 22 heavy (non-hydrogen) atoms. The van der Waals surface area contributed by atoms with E-state index in [-0.39, 0.29) is 17.9 Å². The number of amides is 1. The van der Waals surface area contributed by atoms with Crippen molar-refractivity contribution in [3.8, 4) is 0 Å². The Morgan fingerprint density at radius 3 is 2.64 bits per heavy atom. The number of benzene rings is 1. The molecule has 0 spiro atoms. The van der Waals surface area contributed by atoms with Gasteiger partial charge < -0.3 is 14.4 Å². The summed E-state index contributed by atoms with van der Waals surface area (Å²) < 4.78 is 1.81. The van der Waals surface area contributed by atoms with E-state index >= 15 is 0 Å². The molecule has 1 fully saturated rings. The summed E-state index contributed by atoms with van der Waals surface area (Å²) in [6, 6.07) is 6.66. The fraction of sp³-hybridized carbons (Fsp3) is 0.375. The Kier molecular flexibility index (Phi) is 4.18. The van der Waals surface area contributed by atoms with Gasteiger partial charge in [-0.1, -0.05) is 11.6 Å². The SMILES string of the molecule is CN1CCN(C(=O)Cn2ccc(=O)c3cc(Cl)ccc32)CC1. The van der Waals surface area contributed by atoms with E-state index in [1.807, 2.05) is 9.47 Å². The fourth-order valence-electron chi connectivity index (χ4n) is 2.72. The number of hydrogen-bond acceptors (Lipinski definition) is 3. The van der Waals surface area contributed by atoms with E-state index in [0.717, 1.165) is 31.7 Å². The molecular weight excluding hydrogens is 302 g/mol. The van der Waals surface area contributed by atoms with Crippen molar-refractivity contribution in [3.63, 3.8) is 0 Å². The number of carbonyl (C=O) groups excluding carboxylic acids is 1. The molecule has 6 heteroatoms. The van der Waals surface area contributed by atoms with Crippen LogP contribution in [0.5, 0.6) is 0 Å². The first-order valence-corrected chi connectivity index (χ1v) is 7.67. The molecule has 0 aliphatic carbocycles. The van der Waals surface area contributed by atoms with Crippen LogP contribution in [-0.4, -0.2) is 53.5 Å². The first kappa shape index (κ1) is 15.1. The summed E-state index contributed by atoms with van der Waals surface area (Å²) >= 11 is 5.96. The molecule has 3 rings (SSSR count). The molecule has 0 atom stereocenters. The molecular formula is C16H18ClN3O2.